The Morgan fingerprint density at radius 2 is 1.06 bits per heavy atom. The highest BCUT2D eigenvalue weighted by molar-refractivity contribution is 5.87. The molecule has 0 aliphatic heterocycles. The first-order valence-electron chi connectivity index (χ1n) is 18.3. The summed E-state index contributed by atoms with van der Waals surface area (Å²) < 4.78 is 0. The summed E-state index contributed by atoms with van der Waals surface area (Å²) in [6.45, 7) is 14.3. The van der Waals surface area contributed by atoms with Crippen LogP contribution in [0.3, 0.4) is 0 Å². The van der Waals surface area contributed by atoms with Gasteiger partial charge in [-0.15, -0.1) is 0 Å². The summed E-state index contributed by atoms with van der Waals surface area (Å²) in [5.41, 5.74) is 14.2. The highest BCUT2D eigenvalue weighted by atomic mass is 14.3. The fraction of sp³-hybridized carbons (Fsp3) is 0.176. The quantitative estimate of drug-likeness (QED) is 0.173. The first kappa shape index (κ1) is 32.7. The lowest BCUT2D eigenvalue weighted by molar-refractivity contribution is 0.585. The average Bonchev–Trinajstić information content (AvgIpc) is 3.80. The van der Waals surface area contributed by atoms with E-state index in [2.05, 4.69) is 205 Å². The van der Waals surface area contributed by atoms with Crippen LogP contribution in [0.1, 0.15) is 80.8 Å². The van der Waals surface area contributed by atoms with Gasteiger partial charge >= 0.3 is 0 Å². The average molecular weight is 659 g/mol. The van der Waals surface area contributed by atoms with E-state index < -0.39 is 0 Å². The van der Waals surface area contributed by atoms with Gasteiger partial charge in [0.2, 0.25) is 0 Å². The Balaban J connectivity index is 1.74. The number of fused-ring (bicyclic) bond motifs is 2. The number of allylic oxidation sites excluding steroid dienone is 4. The molecule has 0 spiro atoms. The zero-order valence-electron chi connectivity index (χ0n) is 30.7. The maximum absolute atomic E-state index is 2.54. The largest absolute Gasteiger partial charge is 0.0732 e. The molecule has 0 saturated carbocycles. The summed E-state index contributed by atoms with van der Waals surface area (Å²) in [6.07, 6.45) is 11.7. The Hall–Kier alpha value is -5.46. The predicted molar refractivity (Wildman–Crippen MR) is 217 cm³/mol. The van der Waals surface area contributed by atoms with Gasteiger partial charge in [-0.2, -0.15) is 0 Å². The van der Waals surface area contributed by atoms with Crippen molar-refractivity contribution in [1.82, 2.24) is 0 Å². The highest BCUT2D eigenvalue weighted by Gasteiger charge is 2.32. The molecule has 0 unspecified atom stereocenters. The molecule has 0 aromatic heterocycles. The molecule has 0 amide bonds. The smallest absolute Gasteiger partial charge is 0.0217 e. The molecule has 0 nitrogen and oxygen atoms in total. The first-order chi connectivity index (χ1) is 24.6. The Bertz CT molecular complexity index is 2480. The molecule has 51 heavy (non-hydrogen) atoms. The third kappa shape index (κ3) is 5.83. The molecule has 6 aromatic rings. The molecule has 0 saturated heterocycles. The second-order valence-corrected chi connectivity index (χ2v) is 16.1. The fourth-order valence-electron chi connectivity index (χ4n) is 8.34. The lowest BCUT2D eigenvalue weighted by Crippen LogP contribution is -2.30. The lowest BCUT2D eigenvalue weighted by Gasteiger charge is -2.30. The maximum Gasteiger partial charge on any atom is 0.0217 e. The Labute approximate surface area is 303 Å². The zero-order chi connectivity index (χ0) is 35.3. The van der Waals surface area contributed by atoms with Crippen LogP contribution in [0.2, 0.25) is 0 Å². The van der Waals surface area contributed by atoms with E-state index in [-0.39, 0.29) is 16.7 Å². The standard InChI is InChI=1S/C51H46/c1-50(2,3)43-33-41-39(31-40(43)34-21-11-7-12-22-34)32-42-45(37-29-19-20-30-37)46(38-27-17-10-18-28-38)49(51(4,5)6)48(47(41)42)44(35-23-13-8-14-24-35)36-25-15-9-16-26-36/h7-33,37H,1-6H3. The summed E-state index contributed by atoms with van der Waals surface area (Å²) in [5, 5.41) is 5.30. The minimum Gasteiger partial charge on any atom is -0.0732 e. The fourth-order valence-corrected chi connectivity index (χ4v) is 8.34. The molecule has 0 atom stereocenters. The Morgan fingerprint density at radius 1 is 0.549 bits per heavy atom. The van der Waals surface area contributed by atoms with Crippen LogP contribution in [0.5, 0.6) is 0 Å². The molecule has 250 valence electrons. The van der Waals surface area contributed by atoms with Gasteiger partial charge in [-0.25, -0.2) is 0 Å². The van der Waals surface area contributed by atoms with Crippen molar-refractivity contribution in [3.63, 3.8) is 0 Å². The molecule has 0 N–H and O–H groups in total. The third-order valence-corrected chi connectivity index (χ3v) is 10.5. The zero-order valence-corrected chi connectivity index (χ0v) is 30.7. The summed E-state index contributed by atoms with van der Waals surface area (Å²) in [6, 6.07) is 49.2. The minimum atomic E-state index is -0.190. The summed E-state index contributed by atoms with van der Waals surface area (Å²) in [7, 11) is 0. The molecule has 0 bridgehead atoms. The van der Waals surface area contributed by atoms with Gasteiger partial charge in [0, 0.05) is 5.92 Å². The van der Waals surface area contributed by atoms with E-state index >= 15 is 0 Å². The van der Waals surface area contributed by atoms with Crippen LogP contribution in [0, 0.1) is 10.4 Å². The lowest BCUT2D eigenvalue weighted by atomic mass is 9.73. The summed E-state index contributed by atoms with van der Waals surface area (Å²) in [5.74, 6) is 0.169. The molecule has 0 heteroatoms. The number of rotatable bonds is 5. The number of hydrogen-bond acceptors (Lipinski definition) is 0. The Kier molecular flexibility index (Phi) is 8.15. The van der Waals surface area contributed by atoms with Crippen molar-refractivity contribution < 1.29 is 0 Å². The molecular formula is C51H46. The molecule has 0 heterocycles. The van der Waals surface area contributed by atoms with Crippen LogP contribution in [0.4, 0.5) is 0 Å². The van der Waals surface area contributed by atoms with Crippen LogP contribution >= 0.6 is 0 Å². The maximum atomic E-state index is 2.54. The van der Waals surface area contributed by atoms with Crippen molar-refractivity contribution >= 4 is 11.6 Å². The van der Waals surface area contributed by atoms with Crippen molar-refractivity contribution in [2.75, 3.05) is 0 Å². The highest BCUT2D eigenvalue weighted by Crippen LogP contribution is 2.43. The van der Waals surface area contributed by atoms with Crippen molar-refractivity contribution in [2.24, 2.45) is 0 Å². The number of benzene rings is 6. The molecule has 8 rings (SSSR count). The van der Waals surface area contributed by atoms with Crippen LogP contribution in [-0.4, -0.2) is 0 Å². The predicted octanol–water partition coefficient (Wildman–Crippen LogP) is 11.5. The SMILES string of the molecule is CC(C)(C)c1cc2c(cc1-c1ccccc1)=Cc1c(C3C=CC=C3)c(-c3ccccc3)c(C(C)(C)C)c(=C(c3ccccc3)c3ccccc3)c1=2. The Morgan fingerprint density at radius 3 is 1.57 bits per heavy atom. The van der Waals surface area contributed by atoms with E-state index in [1.54, 1.807) is 0 Å². The summed E-state index contributed by atoms with van der Waals surface area (Å²) in [4.78, 5) is 0. The van der Waals surface area contributed by atoms with Gasteiger partial charge in [0.25, 0.3) is 0 Å². The van der Waals surface area contributed by atoms with E-state index in [4.69, 9.17) is 0 Å². The van der Waals surface area contributed by atoms with Gasteiger partial charge in [-0.05, 0) is 111 Å². The van der Waals surface area contributed by atoms with Gasteiger partial charge in [-0.1, -0.05) is 187 Å². The van der Waals surface area contributed by atoms with E-state index in [0.717, 1.165) is 0 Å². The van der Waals surface area contributed by atoms with E-state index in [1.807, 2.05) is 0 Å². The van der Waals surface area contributed by atoms with Gasteiger partial charge in [0.1, 0.15) is 0 Å². The van der Waals surface area contributed by atoms with Crippen LogP contribution in [0.25, 0.3) is 33.9 Å². The minimum absolute atomic E-state index is 0.0644. The monoisotopic (exact) mass is 658 g/mol. The van der Waals surface area contributed by atoms with Crippen molar-refractivity contribution in [3.05, 3.63) is 212 Å². The summed E-state index contributed by atoms with van der Waals surface area (Å²) >= 11 is 0. The molecule has 0 fully saturated rings. The van der Waals surface area contributed by atoms with Crippen molar-refractivity contribution in [3.8, 4) is 22.3 Å². The first-order valence-corrected chi connectivity index (χ1v) is 18.3. The van der Waals surface area contributed by atoms with Gasteiger partial charge in [0.05, 0.1) is 0 Å². The number of hydrogen-bond donors (Lipinski definition) is 0. The van der Waals surface area contributed by atoms with E-state index in [0.29, 0.717) is 0 Å². The van der Waals surface area contributed by atoms with Crippen LogP contribution in [-0.2, 0) is 10.8 Å². The molecule has 2 aliphatic carbocycles. The molecule has 6 aromatic carbocycles. The second kappa shape index (κ2) is 12.7. The van der Waals surface area contributed by atoms with Crippen LogP contribution < -0.4 is 10.4 Å². The van der Waals surface area contributed by atoms with Crippen LogP contribution in [0.15, 0.2) is 158 Å². The van der Waals surface area contributed by atoms with E-state index in [9.17, 15) is 0 Å². The topological polar surface area (TPSA) is 0 Å². The van der Waals surface area contributed by atoms with Crippen molar-refractivity contribution in [2.45, 2.75) is 58.3 Å². The second-order valence-electron chi connectivity index (χ2n) is 16.1. The van der Waals surface area contributed by atoms with E-state index in [1.165, 1.54) is 82.1 Å². The normalized spacial score (nSPS) is 13.6. The van der Waals surface area contributed by atoms with Gasteiger partial charge in [-0.3, -0.25) is 0 Å². The van der Waals surface area contributed by atoms with Gasteiger partial charge in [0.15, 0.2) is 0 Å². The molecule has 2 aliphatic rings. The van der Waals surface area contributed by atoms with Gasteiger partial charge < -0.3 is 0 Å². The molecule has 0 radical (unpaired) electrons. The van der Waals surface area contributed by atoms with Crippen molar-refractivity contribution in [1.29, 1.82) is 0 Å². The third-order valence-electron chi connectivity index (χ3n) is 10.5. The molecular weight excluding hydrogens is 613 g/mol.